The highest BCUT2D eigenvalue weighted by atomic mass is 35.5. The number of esters is 2. The van der Waals surface area contributed by atoms with Crippen molar-refractivity contribution in [2.24, 2.45) is 5.11 Å². The molecule has 0 unspecified atom stereocenters. The monoisotopic (exact) mass is 529 g/mol. The molecule has 1 aromatic heterocycles. The van der Waals surface area contributed by atoms with E-state index in [1.165, 1.54) is 36.4 Å². The second kappa shape index (κ2) is 10.7. The molecule has 2 heterocycles. The molecule has 14 heteroatoms. The number of aromatic nitrogens is 2. The standard InChI is InChI=1S/C23H17ClFN5O7/c24-15-8-6-14(7-9-15)20(32)35-12-23(28-29-26)18(36-21(33)13-4-2-1-3-5-13)17(25)19(37-23)30-11-10-16(31)27-22(30)34/h1-11,17-19H,12H2,(H,27,31,34)/t17-,18-,19+,23+/m0/s1. The zero-order chi connectivity index (χ0) is 26.6. The second-order valence-corrected chi connectivity index (χ2v) is 8.22. The van der Waals surface area contributed by atoms with Crippen molar-refractivity contribution in [1.29, 1.82) is 0 Å². The number of carbonyl (C=O) groups is 2. The van der Waals surface area contributed by atoms with Crippen molar-refractivity contribution in [2.75, 3.05) is 6.61 Å². The Kier molecular flexibility index (Phi) is 7.39. The molecule has 1 aliphatic heterocycles. The maximum absolute atomic E-state index is 15.8. The van der Waals surface area contributed by atoms with Crippen LogP contribution in [-0.4, -0.2) is 46.1 Å². The Bertz CT molecular complexity index is 1470. The van der Waals surface area contributed by atoms with Crippen molar-refractivity contribution in [3.05, 3.63) is 114 Å². The van der Waals surface area contributed by atoms with Crippen LogP contribution in [0.25, 0.3) is 10.4 Å². The molecule has 2 aromatic carbocycles. The maximum Gasteiger partial charge on any atom is 0.338 e. The Morgan fingerprint density at radius 1 is 1.11 bits per heavy atom. The van der Waals surface area contributed by atoms with E-state index >= 15 is 4.39 Å². The second-order valence-electron chi connectivity index (χ2n) is 7.78. The first-order chi connectivity index (χ1) is 17.7. The summed E-state index contributed by atoms with van der Waals surface area (Å²) in [6.07, 6.45) is -5.12. The summed E-state index contributed by atoms with van der Waals surface area (Å²) >= 11 is 5.82. The van der Waals surface area contributed by atoms with Crippen LogP contribution in [0, 0.1) is 0 Å². The summed E-state index contributed by atoms with van der Waals surface area (Å²) in [5.74, 6) is -1.89. The van der Waals surface area contributed by atoms with Crippen molar-refractivity contribution in [3.63, 3.8) is 0 Å². The lowest BCUT2D eigenvalue weighted by Gasteiger charge is -2.28. The van der Waals surface area contributed by atoms with Crippen molar-refractivity contribution in [1.82, 2.24) is 9.55 Å². The Balaban J connectivity index is 1.70. The normalized spacial score (nSPS) is 22.6. The van der Waals surface area contributed by atoms with E-state index in [2.05, 4.69) is 10.0 Å². The number of aromatic amines is 1. The topological polar surface area (TPSA) is 165 Å². The Hall–Kier alpha value is -4.45. The van der Waals surface area contributed by atoms with Crippen molar-refractivity contribution in [3.8, 4) is 0 Å². The van der Waals surface area contributed by atoms with Crippen LogP contribution in [0.4, 0.5) is 4.39 Å². The molecule has 0 spiro atoms. The molecule has 4 atom stereocenters. The van der Waals surface area contributed by atoms with Crippen molar-refractivity contribution in [2.45, 2.75) is 24.2 Å². The van der Waals surface area contributed by atoms with E-state index in [9.17, 15) is 24.7 Å². The van der Waals surface area contributed by atoms with Crippen LogP contribution in [0.3, 0.4) is 0 Å². The van der Waals surface area contributed by atoms with Crippen LogP contribution < -0.4 is 11.2 Å². The number of nitrogens with one attached hydrogen (secondary N) is 1. The average molecular weight is 530 g/mol. The SMILES string of the molecule is [N-]=[N+]=N[C@]1(COC(=O)c2ccc(Cl)cc2)O[C@@H](n2ccc(=O)[nH]c2=O)[C@@H](F)[C@@H]1OC(=O)c1ccccc1. The molecular weight excluding hydrogens is 513 g/mol. The number of hydrogen-bond acceptors (Lipinski definition) is 8. The van der Waals surface area contributed by atoms with Gasteiger partial charge in [0.05, 0.1) is 11.1 Å². The quantitative estimate of drug-likeness (QED) is 0.212. The van der Waals surface area contributed by atoms with Gasteiger partial charge in [-0.3, -0.25) is 14.3 Å². The smallest absolute Gasteiger partial charge is 0.338 e. The number of benzene rings is 2. The van der Waals surface area contributed by atoms with Gasteiger partial charge in [0.2, 0.25) is 5.72 Å². The predicted molar refractivity (Wildman–Crippen MR) is 126 cm³/mol. The number of nitrogens with zero attached hydrogens (tertiary/aromatic N) is 4. The molecule has 0 saturated carbocycles. The first-order valence-corrected chi connectivity index (χ1v) is 11.0. The van der Waals surface area contributed by atoms with E-state index in [1.807, 2.05) is 4.98 Å². The third kappa shape index (κ3) is 5.38. The van der Waals surface area contributed by atoms with Crippen LogP contribution in [0.5, 0.6) is 0 Å². The number of halogens is 2. The highest BCUT2D eigenvalue weighted by Gasteiger charge is 2.60. The molecular formula is C23H17ClFN5O7. The van der Waals surface area contributed by atoms with Gasteiger partial charge in [-0.05, 0) is 41.9 Å². The third-order valence-corrected chi connectivity index (χ3v) is 5.66. The Morgan fingerprint density at radius 2 is 1.78 bits per heavy atom. The van der Waals surface area contributed by atoms with Gasteiger partial charge in [-0.2, -0.15) is 0 Å². The fourth-order valence-corrected chi connectivity index (χ4v) is 3.76. The van der Waals surface area contributed by atoms with Gasteiger partial charge in [-0.1, -0.05) is 34.9 Å². The molecule has 190 valence electrons. The zero-order valence-electron chi connectivity index (χ0n) is 18.7. The number of ether oxygens (including phenoxy) is 3. The minimum absolute atomic E-state index is 0.0485. The van der Waals surface area contributed by atoms with Crippen LogP contribution in [0.2, 0.25) is 5.02 Å². The molecule has 1 saturated heterocycles. The molecule has 0 bridgehead atoms. The lowest BCUT2D eigenvalue weighted by atomic mass is 10.1. The molecule has 0 radical (unpaired) electrons. The molecule has 0 amide bonds. The van der Waals surface area contributed by atoms with Crippen LogP contribution >= 0.6 is 11.6 Å². The third-order valence-electron chi connectivity index (χ3n) is 5.40. The summed E-state index contributed by atoms with van der Waals surface area (Å²) in [5, 5.41) is 3.86. The molecule has 4 rings (SSSR count). The summed E-state index contributed by atoms with van der Waals surface area (Å²) < 4.78 is 32.7. The highest BCUT2D eigenvalue weighted by molar-refractivity contribution is 6.30. The van der Waals surface area contributed by atoms with Gasteiger partial charge < -0.3 is 14.2 Å². The van der Waals surface area contributed by atoms with E-state index in [4.69, 9.17) is 25.8 Å². The number of hydrogen-bond donors (Lipinski definition) is 1. The highest BCUT2D eigenvalue weighted by Crippen LogP contribution is 2.42. The van der Waals surface area contributed by atoms with Crippen LogP contribution in [0.1, 0.15) is 26.9 Å². The predicted octanol–water partition coefficient (Wildman–Crippen LogP) is 3.15. The molecule has 3 aromatic rings. The first-order valence-electron chi connectivity index (χ1n) is 10.6. The summed E-state index contributed by atoms with van der Waals surface area (Å²) in [7, 11) is 0. The number of carbonyl (C=O) groups excluding carboxylic acids is 2. The number of rotatable bonds is 7. The number of alkyl halides is 1. The van der Waals surface area contributed by atoms with E-state index in [0.29, 0.717) is 9.59 Å². The minimum Gasteiger partial charge on any atom is -0.459 e. The molecule has 0 aliphatic carbocycles. The lowest BCUT2D eigenvalue weighted by molar-refractivity contribution is -0.129. The molecule has 1 fully saturated rings. The molecule has 1 N–H and O–H groups in total. The van der Waals surface area contributed by atoms with Gasteiger partial charge in [-0.25, -0.2) is 18.8 Å². The fraction of sp³-hybridized carbons (Fsp3) is 0.217. The summed E-state index contributed by atoms with van der Waals surface area (Å²) in [5.41, 5.74) is 5.17. The van der Waals surface area contributed by atoms with Gasteiger partial charge in [0.25, 0.3) is 5.56 Å². The van der Waals surface area contributed by atoms with Gasteiger partial charge >= 0.3 is 17.6 Å². The largest absolute Gasteiger partial charge is 0.459 e. The van der Waals surface area contributed by atoms with Gasteiger partial charge in [0, 0.05) is 22.2 Å². The van der Waals surface area contributed by atoms with Gasteiger partial charge in [-0.15, -0.1) is 0 Å². The fourth-order valence-electron chi connectivity index (χ4n) is 3.63. The Labute approximate surface area is 211 Å². The minimum atomic E-state index is -2.42. The summed E-state index contributed by atoms with van der Waals surface area (Å²) in [6, 6.07) is 14.1. The van der Waals surface area contributed by atoms with E-state index in [1.54, 1.807) is 18.2 Å². The Morgan fingerprint density at radius 3 is 2.43 bits per heavy atom. The van der Waals surface area contributed by atoms with Gasteiger partial charge in [0.15, 0.2) is 18.5 Å². The van der Waals surface area contributed by atoms with Crippen molar-refractivity contribution >= 4 is 23.5 Å². The van der Waals surface area contributed by atoms with E-state index in [0.717, 1.165) is 12.3 Å². The summed E-state index contributed by atoms with van der Waals surface area (Å²) in [4.78, 5) is 53.8. The average Bonchev–Trinajstić information content (AvgIpc) is 3.15. The number of H-pyrrole nitrogens is 1. The maximum atomic E-state index is 15.8. The van der Waals surface area contributed by atoms with Crippen LogP contribution in [0.15, 0.2) is 81.6 Å². The summed E-state index contributed by atoms with van der Waals surface area (Å²) in [6.45, 7) is -0.889. The van der Waals surface area contributed by atoms with Crippen LogP contribution in [-0.2, 0) is 14.2 Å². The van der Waals surface area contributed by atoms with E-state index in [-0.39, 0.29) is 11.1 Å². The van der Waals surface area contributed by atoms with Crippen molar-refractivity contribution < 1.29 is 28.2 Å². The lowest BCUT2D eigenvalue weighted by Crippen LogP contribution is -2.47. The number of azide groups is 1. The zero-order valence-corrected chi connectivity index (χ0v) is 19.4. The molecule has 12 nitrogen and oxygen atoms in total. The van der Waals surface area contributed by atoms with E-state index < -0.39 is 54.0 Å². The molecule has 1 aliphatic rings. The van der Waals surface area contributed by atoms with Gasteiger partial charge in [0.1, 0.15) is 6.61 Å². The first kappa shape index (κ1) is 25.6. The molecule has 37 heavy (non-hydrogen) atoms.